The van der Waals surface area contributed by atoms with Gasteiger partial charge in [-0.2, -0.15) is 0 Å². The first kappa shape index (κ1) is 25.7. The van der Waals surface area contributed by atoms with Gasteiger partial charge in [0, 0.05) is 50.4 Å². The van der Waals surface area contributed by atoms with Gasteiger partial charge >= 0.3 is 0 Å². The molecule has 4 heterocycles. The van der Waals surface area contributed by atoms with E-state index in [1.165, 1.54) is 38.8 Å². The highest BCUT2D eigenvalue weighted by Gasteiger charge is 2.39. The first-order valence-electron chi connectivity index (χ1n) is 15.3. The smallest absolute Gasteiger partial charge is 0.164 e. The first-order valence-corrected chi connectivity index (χ1v) is 15.3. The van der Waals surface area contributed by atoms with Crippen LogP contribution in [0.3, 0.4) is 0 Å². The average molecular weight is 580 g/mol. The van der Waals surface area contributed by atoms with E-state index in [0.29, 0.717) is 17.5 Å². The van der Waals surface area contributed by atoms with Crippen molar-refractivity contribution in [1.29, 1.82) is 0 Å². The van der Waals surface area contributed by atoms with Crippen LogP contribution in [0.4, 0.5) is 0 Å². The summed E-state index contributed by atoms with van der Waals surface area (Å²) >= 11 is 0. The SMILES string of the molecule is CC1(C)c2ccccc2-n2cc3c4ccccc4n(-c4ccc(-c5nc(-c6ccccc6)nc(-c6ccccc6)n5)cc4)c3c21. The Hall–Kier alpha value is -5.81. The van der Waals surface area contributed by atoms with Gasteiger partial charge in [0.05, 0.1) is 16.7 Å². The van der Waals surface area contributed by atoms with Crippen LogP contribution in [0.5, 0.6) is 0 Å². The minimum absolute atomic E-state index is 0.142. The fourth-order valence-corrected chi connectivity index (χ4v) is 7.03. The van der Waals surface area contributed by atoms with Crippen LogP contribution in [0, 0.1) is 0 Å². The number of para-hydroxylation sites is 2. The maximum Gasteiger partial charge on any atom is 0.164 e. The molecule has 1 aliphatic heterocycles. The topological polar surface area (TPSA) is 48.5 Å². The van der Waals surface area contributed by atoms with Crippen molar-refractivity contribution in [3.05, 3.63) is 151 Å². The summed E-state index contributed by atoms with van der Waals surface area (Å²) in [5.41, 5.74) is 10.2. The van der Waals surface area contributed by atoms with Gasteiger partial charge in [-0.05, 0) is 42.0 Å². The van der Waals surface area contributed by atoms with Crippen molar-refractivity contribution in [1.82, 2.24) is 24.1 Å². The summed E-state index contributed by atoms with van der Waals surface area (Å²) in [6.45, 7) is 4.68. The Bertz CT molecular complexity index is 2320. The van der Waals surface area contributed by atoms with Gasteiger partial charge in [0.1, 0.15) is 0 Å². The summed E-state index contributed by atoms with van der Waals surface area (Å²) in [6.07, 6.45) is 2.33. The second kappa shape index (κ2) is 9.60. The second-order valence-corrected chi connectivity index (χ2v) is 12.2. The molecule has 5 heteroatoms. The van der Waals surface area contributed by atoms with E-state index in [-0.39, 0.29) is 5.41 Å². The number of benzene rings is 5. The largest absolute Gasteiger partial charge is 0.317 e. The third kappa shape index (κ3) is 3.84. The van der Waals surface area contributed by atoms with Crippen molar-refractivity contribution in [3.63, 3.8) is 0 Å². The number of rotatable bonds is 4. The van der Waals surface area contributed by atoms with Crippen LogP contribution < -0.4 is 0 Å². The van der Waals surface area contributed by atoms with E-state index in [0.717, 1.165) is 22.4 Å². The Labute approximate surface area is 261 Å². The lowest BCUT2D eigenvalue weighted by molar-refractivity contribution is 0.646. The Balaban J connectivity index is 1.22. The Morgan fingerprint density at radius 1 is 0.511 bits per heavy atom. The molecule has 0 bridgehead atoms. The molecule has 0 saturated carbocycles. The molecule has 0 amide bonds. The molecule has 9 rings (SSSR count). The van der Waals surface area contributed by atoms with E-state index in [2.05, 4.69) is 102 Å². The van der Waals surface area contributed by atoms with Crippen molar-refractivity contribution in [2.45, 2.75) is 19.3 Å². The number of aromatic nitrogens is 5. The highest BCUT2D eigenvalue weighted by Crippen LogP contribution is 2.49. The highest BCUT2D eigenvalue weighted by molar-refractivity contribution is 6.11. The third-order valence-corrected chi connectivity index (χ3v) is 9.15. The normalized spacial score (nSPS) is 13.3. The number of nitrogens with zero attached hydrogens (tertiary/aromatic N) is 5. The predicted molar refractivity (Wildman–Crippen MR) is 182 cm³/mol. The predicted octanol–water partition coefficient (Wildman–Crippen LogP) is 9.40. The molecule has 45 heavy (non-hydrogen) atoms. The third-order valence-electron chi connectivity index (χ3n) is 9.15. The van der Waals surface area contributed by atoms with Crippen LogP contribution in [-0.2, 0) is 5.41 Å². The quantitative estimate of drug-likeness (QED) is 0.209. The molecule has 0 atom stereocenters. The van der Waals surface area contributed by atoms with Gasteiger partial charge in [-0.25, -0.2) is 15.0 Å². The number of hydrogen-bond donors (Lipinski definition) is 0. The minimum Gasteiger partial charge on any atom is -0.317 e. The van der Waals surface area contributed by atoms with Crippen molar-refractivity contribution in [2.75, 3.05) is 0 Å². The average Bonchev–Trinajstić information content (AvgIpc) is 3.71. The van der Waals surface area contributed by atoms with E-state index in [1.807, 2.05) is 60.7 Å². The lowest BCUT2D eigenvalue weighted by Crippen LogP contribution is -2.16. The Kier molecular flexibility index (Phi) is 5.47. The van der Waals surface area contributed by atoms with Gasteiger partial charge in [-0.15, -0.1) is 0 Å². The monoisotopic (exact) mass is 579 g/mol. The molecular weight excluding hydrogens is 550 g/mol. The van der Waals surface area contributed by atoms with Crippen LogP contribution in [-0.4, -0.2) is 24.1 Å². The zero-order valence-corrected chi connectivity index (χ0v) is 25.0. The fraction of sp³-hybridized carbons (Fsp3) is 0.0750. The summed E-state index contributed by atoms with van der Waals surface area (Å²) in [6, 6.07) is 46.3. The van der Waals surface area contributed by atoms with Gasteiger partial charge in [-0.3, -0.25) is 0 Å². The molecule has 5 aromatic carbocycles. The van der Waals surface area contributed by atoms with E-state index < -0.39 is 0 Å². The van der Waals surface area contributed by atoms with Crippen LogP contribution >= 0.6 is 0 Å². The van der Waals surface area contributed by atoms with Crippen LogP contribution in [0.25, 0.3) is 67.3 Å². The summed E-state index contributed by atoms with van der Waals surface area (Å²) < 4.78 is 4.82. The lowest BCUT2D eigenvalue weighted by atomic mass is 9.83. The minimum atomic E-state index is -0.142. The molecule has 5 nitrogen and oxygen atoms in total. The van der Waals surface area contributed by atoms with E-state index in [4.69, 9.17) is 15.0 Å². The zero-order chi connectivity index (χ0) is 30.1. The summed E-state index contributed by atoms with van der Waals surface area (Å²) in [5, 5.41) is 2.52. The fourth-order valence-electron chi connectivity index (χ4n) is 7.03. The molecule has 8 aromatic rings. The zero-order valence-electron chi connectivity index (χ0n) is 25.0. The van der Waals surface area contributed by atoms with E-state index in [1.54, 1.807) is 0 Å². The summed E-state index contributed by atoms with van der Waals surface area (Å²) in [4.78, 5) is 14.7. The van der Waals surface area contributed by atoms with Crippen molar-refractivity contribution < 1.29 is 0 Å². The molecule has 3 aromatic heterocycles. The van der Waals surface area contributed by atoms with E-state index in [9.17, 15) is 0 Å². The van der Waals surface area contributed by atoms with Gasteiger partial charge < -0.3 is 9.13 Å². The van der Waals surface area contributed by atoms with Crippen molar-refractivity contribution >= 4 is 21.8 Å². The summed E-state index contributed by atoms with van der Waals surface area (Å²) in [5.74, 6) is 1.97. The molecule has 0 fully saturated rings. The molecule has 0 N–H and O–H groups in total. The molecule has 0 saturated heterocycles. The van der Waals surface area contributed by atoms with E-state index >= 15 is 0 Å². The number of fused-ring (bicyclic) bond motifs is 7. The van der Waals surface area contributed by atoms with Gasteiger partial charge in [0.2, 0.25) is 0 Å². The molecule has 1 aliphatic rings. The molecule has 0 aliphatic carbocycles. The number of hydrogen-bond acceptors (Lipinski definition) is 3. The van der Waals surface area contributed by atoms with Gasteiger partial charge in [0.25, 0.3) is 0 Å². The van der Waals surface area contributed by atoms with Crippen molar-refractivity contribution in [2.24, 2.45) is 0 Å². The standard InChI is InChI=1S/C40H29N5/c1-40(2)32-18-10-12-20-34(32)44-25-31-30-17-9-11-19-33(30)45(35(31)36(40)44)29-23-21-28(22-24-29)39-42-37(26-13-5-3-6-14-26)41-38(43-39)27-15-7-4-8-16-27/h3-25H,1-2H3. The first-order chi connectivity index (χ1) is 22.1. The lowest BCUT2D eigenvalue weighted by Gasteiger charge is -2.21. The van der Waals surface area contributed by atoms with Crippen LogP contribution in [0.2, 0.25) is 0 Å². The molecule has 0 radical (unpaired) electrons. The van der Waals surface area contributed by atoms with Crippen LogP contribution in [0.1, 0.15) is 25.1 Å². The maximum absolute atomic E-state index is 4.94. The van der Waals surface area contributed by atoms with Crippen LogP contribution in [0.15, 0.2) is 140 Å². The summed E-state index contributed by atoms with van der Waals surface area (Å²) in [7, 11) is 0. The molecular formula is C40H29N5. The second-order valence-electron chi connectivity index (χ2n) is 12.2. The highest BCUT2D eigenvalue weighted by atomic mass is 15.1. The van der Waals surface area contributed by atoms with Gasteiger partial charge in [0.15, 0.2) is 17.5 Å². The molecule has 0 spiro atoms. The Morgan fingerprint density at radius 2 is 1.04 bits per heavy atom. The van der Waals surface area contributed by atoms with Gasteiger partial charge in [-0.1, -0.05) is 111 Å². The molecule has 214 valence electrons. The Morgan fingerprint density at radius 3 is 1.69 bits per heavy atom. The maximum atomic E-state index is 4.94. The molecule has 0 unspecified atom stereocenters. The van der Waals surface area contributed by atoms with Crippen molar-refractivity contribution in [3.8, 4) is 45.5 Å².